The molecule has 0 bridgehead atoms. The molecule has 1 aromatic carbocycles. The number of nitrogens with one attached hydrogen (secondary N) is 1. The number of phenolic OH excluding ortho intramolecular Hbond substituents is 1. The molecule has 1 aromatic rings. The number of phenols is 1. The van der Waals surface area contributed by atoms with Crippen molar-refractivity contribution >= 4 is 5.78 Å². The van der Waals surface area contributed by atoms with Crippen molar-refractivity contribution in [1.82, 2.24) is 5.32 Å². The zero-order valence-electron chi connectivity index (χ0n) is 13.8. The molecule has 0 spiro atoms. The van der Waals surface area contributed by atoms with Crippen LogP contribution >= 0.6 is 0 Å². The summed E-state index contributed by atoms with van der Waals surface area (Å²) < 4.78 is 6.03. The Labute approximate surface area is 131 Å². The lowest BCUT2D eigenvalue weighted by molar-refractivity contribution is -0.133. The Morgan fingerprint density at radius 2 is 2.23 bits per heavy atom. The second-order valence-electron chi connectivity index (χ2n) is 6.69. The number of aryl methyl sites for hydroxylation is 1. The summed E-state index contributed by atoms with van der Waals surface area (Å²) in [7, 11) is 1.96. The van der Waals surface area contributed by atoms with Gasteiger partial charge in [0, 0.05) is 23.4 Å². The number of Topliss-reactive ketones (excluding diaryl/α,β-unsaturated/α-hetero) is 1. The second-order valence-corrected chi connectivity index (χ2v) is 6.69. The zero-order valence-corrected chi connectivity index (χ0v) is 13.8. The maximum atomic E-state index is 12.6. The van der Waals surface area contributed by atoms with Crippen molar-refractivity contribution in [3.63, 3.8) is 0 Å². The Balaban J connectivity index is 2.25. The van der Waals surface area contributed by atoms with Crippen LogP contribution in [-0.4, -0.2) is 30.1 Å². The van der Waals surface area contributed by atoms with Gasteiger partial charge in [0.05, 0.1) is 0 Å². The van der Waals surface area contributed by atoms with E-state index in [0.29, 0.717) is 18.1 Å². The lowest BCUT2D eigenvalue weighted by Gasteiger charge is -2.46. The molecule has 4 heteroatoms. The smallest absolute Gasteiger partial charge is 0.174 e. The molecule has 4 atom stereocenters. The van der Waals surface area contributed by atoms with E-state index in [4.69, 9.17) is 4.74 Å². The summed E-state index contributed by atoms with van der Waals surface area (Å²) in [5.74, 6) is 1.14. The maximum absolute atomic E-state index is 12.6. The average Bonchev–Trinajstić information content (AvgIpc) is 2.89. The Hall–Kier alpha value is -1.55. The molecule has 1 aliphatic heterocycles. The van der Waals surface area contributed by atoms with Gasteiger partial charge in [0.2, 0.25) is 0 Å². The first-order valence-electron chi connectivity index (χ1n) is 8.17. The van der Waals surface area contributed by atoms with E-state index >= 15 is 0 Å². The first-order chi connectivity index (χ1) is 10.5. The molecule has 1 fully saturated rings. The summed E-state index contributed by atoms with van der Waals surface area (Å²) in [5.41, 5.74) is 1.80. The highest BCUT2D eigenvalue weighted by molar-refractivity contribution is 5.88. The first-order valence-corrected chi connectivity index (χ1v) is 8.17. The number of hydrogen-bond donors (Lipinski definition) is 2. The molecule has 1 saturated carbocycles. The molecule has 0 radical (unpaired) electrons. The average molecular weight is 303 g/mol. The van der Waals surface area contributed by atoms with Crippen LogP contribution < -0.4 is 10.1 Å². The van der Waals surface area contributed by atoms with Gasteiger partial charge in [0.25, 0.3) is 0 Å². The zero-order chi connectivity index (χ0) is 16.1. The quantitative estimate of drug-likeness (QED) is 0.901. The third-order valence-corrected chi connectivity index (χ3v) is 5.81. The molecule has 0 aromatic heterocycles. The number of hydrogen-bond acceptors (Lipinski definition) is 4. The van der Waals surface area contributed by atoms with Crippen LogP contribution in [0, 0.1) is 12.8 Å². The van der Waals surface area contributed by atoms with Gasteiger partial charge >= 0.3 is 0 Å². The molecule has 120 valence electrons. The van der Waals surface area contributed by atoms with E-state index < -0.39 is 6.10 Å². The molecule has 0 saturated heterocycles. The van der Waals surface area contributed by atoms with Gasteiger partial charge in [-0.2, -0.15) is 0 Å². The highest BCUT2D eigenvalue weighted by atomic mass is 16.5. The summed E-state index contributed by atoms with van der Waals surface area (Å²) in [5, 5.41) is 13.6. The second kappa shape index (κ2) is 5.27. The number of aromatic hydroxyl groups is 1. The van der Waals surface area contributed by atoms with E-state index in [-0.39, 0.29) is 23.0 Å². The van der Waals surface area contributed by atoms with E-state index in [1.807, 2.05) is 20.0 Å². The molecule has 2 aliphatic rings. The van der Waals surface area contributed by atoms with Crippen molar-refractivity contribution in [2.75, 3.05) is 7.05 Å². The largest absolute Gasteiger partial charge is 0.504 e. The summed E-state index contributed by atoms with van der Waals surface area (Å²) in [6, 6.07) is 3.87. The topological polar surface area (TPSA) is 58.6 Å². The molecule has 2 N–H and O–H groups in total. The van der Waals surface area contributed by atoms with Crippen molar-refractivity contribution in [3.05, 3.63) is 23.3 Å². The van der Waals surface area contributed by atoms with E-state index in [2.05, 4.69) is 19.2 Å². The minimum atomic E-state index is -0.464. The van der Waals surface area contributed by atoms with Gasteiger partial charge in [0.15, 0.2) is 23.4 Å². The SMILES string of the molecule is CCC12c3c(C)ccc(O)c3OC1C(=O)CCC2C(C)NC. The molecule has 4 unspecified atom stereocenters. The minimum Gasteiger partial charge on any atom is -0.504 e. The van der Waals surface area contributed by atoms with Gasteiger partial charge in [-0.3, -0.25) is 4.79 Å². The van der Waals surface area contributed by atoms with Crippen LogP contribution in [-0.2, 0) is 10.2 Å². The van der Waals surface area contributed by atoms with Crippen molar-refractivity contribution in [1.29, 1.82) is 0 Å². The third-order valence-electron chi connectivity index (χ3n) is 5.81. The van der Waals surface area contributed by atoms with Crippen LogP contribution in [0.2, 0.25) is 0 Å². The van der Waals surface area contributed by atoms with Gasteiger partial charge in [-0.1, -0.05) is 13.0 Å². The molecule has 22 heavy (non-hydrogen) atoms. The predicted molar refractivity (Wildman–Crippen MR) is 85.5 cm³/mol. The number of ketones is 1. The number of benzene rings is 1. The Kier molecular flexibility index (Phi) is 3.68. The van der Waals surface area contributed by atoms with Crippen LogP contribution in [0.4, 0.5) is 0 Å². The fraction of sp³-hybridized carbons (Fsp3) is 0.611. The van der Waals surface area contributed by atoms with Crippen LogP contribution in [0.5, 0.6) is 11.5 Å². The summed E-state index contributed by atoms with van der Waals surface area (Å²) >= 11 is 0. The fourth-order valence-corrected chi connectivity index (χ4v) is 4.66. The third kappa shape index (κ3) is 1.83. The van der Waals surface area contributed by atoms with Gasteiger partial charge < -0.3 is 15.2 Å². The van der Waals surface area contributed by atoms with Crippen molar-refractivity contribution in [2.24, 2.45) is 5.92 Å². The number of fused-ring (bicyclic) bond motifs is 3. The van der Waals surface area contributed by atoms with Crippen LogP contribution in [0.15, 0.2) is 12.1 Å². The lowest BCUT2D eigenvalue weighted by atomic mass is 9.57. The lowest BCUT2D eigenvalue weighted by Crippen LogP contribution is -2.57. The Bertz CT molecular complexity index is 613. The first kappa shape index (κ1) is 15.3. The number of carbonyl (C=O) groups excluding carboxylic acids is 1. The molecule has 1 heterocycles. The molecule has 1 aliphatic carbocycles. The normalized spacial score (nSPS) is 31.4. The van der Waals surface area contributed by atoms with Crippen LogP contribution in [0.1, 0.15) is 44.2 Å². The molecular weight excluding hydrogens is 278 g/mol. The standard InChI is InChI=1S/C18H25NO3/c1-5-18-12(11(3)19-4)7-9-14(21)17(18)22-16-13(20)8-6-10(2)15(16)18/h6,8,11-12,17,19-20H,5,7,9H2,1-4H3. The van der Waals surface area contributed by atoms with E-state index in [0.717, 1.165) is 24.0 Å². The predicted octanol–water partition coefficient (Wildman–Crippen LogP) is 2.70. The number of carbonyl (C=O) groups is 1. The van der Waals surface area contributed by atoms with Gasteiger partial charge in [0.1, 0.15) is 0 Å². The highest BCUT2D eigenvalue weighted by Gasteiger charge is 2.59. The minimum absolute atomic E-state index is 0.145. The molecular formula is C18H25NO3. The van der Waals surface area contributed by atoms with Gasteiger partial charge in [-0.25, -0.2) is 0 Å². The Morgan fingerprint density at radius 3 is 2.86 bits per heavy atom. The number of ether oxygens (including phenoxy) is 1. The van der Waals surface area contributed by atoms with Crippen molar-refractivity contribution in [2.45, 2.75) is 57.6 Å². The summed E-state index contributed by atoms with van der Waals surface area (Å²) in [6.07, 6.45) is 1.78. The number of rotatable bonds is 3. The van der Waals surface area contributed by atoms with Crippen LogP contribution in [0.25, 0.3) is 0 Å². The van der Waals surface area contributed by atoms with Crippen LogP contribution in [0.3, 0.4) is 0 Å². The van der Waals surface area contributed by atoms with E-state index in [9.17, 15) is 9.90 Å². The highest BCUT2D eigenvalue weighted by Crippen LogP contribution is 2.58. The summed E-state index contributed by atoms with van der Waals surface area (Å²) in [4.78, 5) is 12.6. The van der Waals surface area contributed by atoms with Crippen molar-refractivity contribution < 1.29 is 14.6 Å². The van der Waals surface area contributed by atoms with Crippen molar-refractivity contribution in [3.8, 4) is 11.5 Å². The molecule has 0 amide bonds. The Morgan fingerprint density at radius 1 is 1.50 bits per heavy atom. The van der Waals surface area contributed by atoms with E-state index in [1.54, 1.807) is 6.07 Å². The fourth-order valence-electron chi connectivity index (χ4n) is 4.66. The maximum Gasteiger partial charge on any atom is 0.174 e. The summed E-state index contributed by atoms with van der Waals surface area (Å²) in [6.45, 7) is 6.34. The van der Waals surface area contributed by atoms with Gasteiger partial charge in [-0.15, -0.1) is 0 Å². The van der Waals surface area contributed by atoms with Gasteiger partial charge in [-0.05, 0) is 51.3 Å². The van der Waals surface area contributed by atoms with E-state index in [1.165, 1.54) is 0 Å². The monoisotopic (exact) mass is 303 g/mol. The molecule has 4 nitrogen and oxygen atoms in total. The molecule has 3 rings (SSSR count).